The van der Waals surface area contributed by atoms with Gasteiger partial charge in [0, 0.05) is 32.5 Å². The van der Waals surface area contributed by atoms with Gasteiger partial charge < -0.3 is 4.74 Å². The lowest BCUT2D eigenvalue weighted by Crippen LogP contribution is -2.49. The van der Waals surface area contributed by atoms with Gasteiger partial charge in [-0.1, -0.05) is 48.5 Å². The molecule has 1 spiro atoms. The Balaban J connectivity index is 1.40. The summed E-state index contributed by atoms with van der Waals surface area (Å²) >= 11 is 0. The van der Waals surface area contributed by atoms with Gasteiger partial charge in [0.15, 0.2) is 5.60 Å². The maximum atomic E-state index is 12.5. The Labute approximate surface area is 147 Å². The molecular weight excluding hydrogens is 314 g/mol. The third-order valence-electron chi connectivity index (χ3n) is 4.83. The van der Waals surface area contributed by atoms with E-state index in [2.05, 4.69) is 39.5 Å². The molecule has 2 aromatic carbocycles. The van der Waals surface area contributed by atoms with Gasteiger partial charge in [-0.25, -0.2) is 0 Å². The molecular formula is C20H21N3O2. The van der Waals surface area contributed by atoms with Crippen molar-refractivity contribution in [3.05, 3.63) is 66.2 Å². The van der Waals surface area contributed by atoms with E-state index in [9.17, 15) is 4.79 Å². The number of nitrogens with one attached hydrogen (secondary N) is 1. The first-order valence-electron chi connectivity index (χ1n) is 8.64. The number of nitrogens with zero attached hydrogens (tertiary/aromatic N) is 2. The van der Waals surface area contributed by atoms with Crippen LogP contribution in [0.5, 0.6) is 0 Å². The molecule has 5 heteroatoms. The lowest BCUT2D eigenvalue weighted by atomic mass is 9.90. The van der Waals surface area contributed by atoms with Crippen LogP contribution in [0.25, 0.3) is 0 Å². The number of hydrogen-bond donors (Lipinski definition) is 1. The van der Waals surface area contributed by atoms with Crippen LogP contribution in [0.3, 0.4) is 0 Å². The van der Waals surface area contributed by atoms with Crippen LogP contribution < -0.4 is 5.32 Å². The zero-order valence-electron chi connectivity index (χ0n) is 14.0. The van der Waals surface area contributed by atoms with Gasteiger partial charge in [0.1, 0.15) is 0 Å². The van der Waals surface area contributed by atoms with Gasteiger partial charge in [0.25, 0.3) is 11.9 Å². The average molecular weight is 335 g/mol. The van der Waals surface area contributed by atoms with E-state index in [0.29, 0.717) is 18.9 Å². The molecule has 128 valence electrons. The molecule has 25 heavy (non-hydrogen) atoms. The van der Waals surface area contributed by atoms with E-state index in [-0.39, 0.29) is 5.91 Å². The first-order valence-corrected chi connectivity index (χ1v) is 8.64. The van der Waals surface area contributed by atoms with Gasteiger partial charge in [0.05, 0.1) is 5.69 Å². The van der Waals surface area contributed by atoms with Crippen molar-refractivity contribution in [3.8, 4) is 0 Å². The Morgan fingerprint density at radius 2 is 1.64 bits per heavy atom. The standard InChI is InChI=1S/C20H21N3O2/c24-18-20(25-19(22-18)21-17-9-5-2-6-10-17)11-13-23(14-12-20)15-16-7-3-1-4-8-16/h1-10H,11-15H2,(H,21,22,24). The number of rotatable bonds is 3. The molecule has 0 aromatic heterocycles. The number of piperidine rings is 1. The third-order valence-corrected chi connectivity index (χ3v) is 4.83. The predicted molar refractivity (Wildman–Crippen MR) is 96.4 cm³/mol. The molecule has 0 saturated carbocycles. The molecule has 1 amide bonds. The van der Waals surface area contributed by atoms with E-state index in [4.69, 9.17) is 4.74 Å². The van der Waals surface area contributed by atoms with Crippen molar-refractivity contribution in [2.75, 3.05) is 13.1 Å². The van der Waals surface area contributed by atoms with Crippen LogP contribution in [0.2, 0.25) is 0 Å². The van der Waals surface area contributed by atoms with E-state index in [1.54, 1.807) is 0 Å². The zero-order valence-corrected chi connectivity index (χ0v) is 14.0. The highest BCUT2D eigenvalue weighted by molar-refractivity contribution is 6.05. The number of ether oxygens (including phenoxy) is 1. The van der Waals surface area contributed by atoms with Crippen molar-refractivity contribution in [3.63, 3.8) is 0 Å². The lowest BCUT2D eigenvalue weighted by molar-refractivity contribution is -0.134. The summed E-state index contributed by atoms with van der Waals surface area (Å²) < 4.78 is 5.97. The molecule has 0 bridgehead atoms. The molecule has 5 nitrogen and oxygen atoms in total. The molecule has 2 saturated heterocycles. The smallest absolute Gasteiger partial charge is 0.297 e. The quantitative estimate of drug-likeness (QED) is 0.938. The fourth-order valence-corrected chi connectivity index (χ4v) is 3.38. The molecule has 4 rings (SSSR count). The van der Waals surface area contributed by atoms with Crippen LogP contribution >= 0.6 is 0 Å². The van der Waals surface area contributed by atoms with E-state index >= 15 is 0 Å². The Morgan fingerprint density at radius 1 is 1.00 bits per heavy atom. The fourth-order valence-electron chi connectivity index (χ4n) is 3.38. The van der Waals surface area contributed by atoms with Crippen molar-refractivity contribution < 1.29 is 9.53 Å². The highest BCUT2D eigenvalue weighted by atomic mass is 16.5. The third kappa shape index (κ3) is 3.42. The molecule has 1 N–H and O–H groups in total. The highest BCUT2D eigenvalue weighted by Crippen LogP contribution is 2.31. The van der Waals surface area contributed by atoms with Gasteiger partial charge in [0.2, 0.25) is 0 Å². The summed E-state index contributed by atoms with van der Waals surface area (Å²) in [6, 6.07) is 20.2. The topological polar surface area (TPSA) is 53.9 Å². The second kappa shape index (κ2) is 6.69. The average Bonchev–Trinajstić information content (AvgIpc) is 2.94. The molecule has 0 unspecified atom stereocenters. The van der Waals surface area contributed by atoms with Crippen LogP contribution in [0.1, 0.15) is 18.4 Å². The minimum Gasteiger partial charge on any atom is -0.448 e. The van der Waals surface area contributed by atoms with Gasteiger partial charge in [-0.15, -0.1) is 0 Å². The van der Waals surface area contributed by atoms with Crippen molar-refractivity contribution >= 4 is 17.6 Å². The number of amides is 1. The van der Waals surface area contributed by atoms with Gasteiger partial charge in [-0.05, 0) is 17.7 Å². The van der Waals surface area contributed by atoms with Crippen LogP contribution in [-0.4, -0.2) is 35.5 Å². The minimum atomic E-state index is -0.763. The number of amidine groups is 1. The maximum absolute atomic E-state index is 12.5. The van der Waals surface area contributed by atoms with Gasteiger partial charge in [-0.2, -0.15) is 4.99 Å². The SMILES string of the molecule is O=C1NC(=Nc2ccccc2)OC12CCN(Cc1ccccc1)CC2. The Kier molecular flexibility index (Phi) is 4.24. The fraction of sp³-hybridized carbons (Fsp3) is 0.300. The van der Waals surface area contributed by atoms with Crippen LogP contribution in [0, 0.1) is 0 Å². The second-order valence-corrected chi connectivity index (χ2v) is 6.56. The van der Waals surface area contributed by atoms with Crippen molar-refractivity contribution in [2.24, 2.45) is 4.99 Å². The second-order valence-electron chi connectivity index (χ2n) is 6.56. The van der Waals surface area contributed by atoms with Gasteiger partial charge in [-0.3, -0.25) is 15.0 Å². The molecule has 2 aromatic rings. The summed E-state index contributed by atoms with van der Waals surface area (Å²) in [6.07, 6.45) is 1.36. The zero-order chi connectivity index (χ0) is 17.1. The van der Waals surface area contributed by atoms with Crippen LogP contribution in [-0.2, 0) is 16.1 Å². The Bertz CT molecular complexity index is 766. The summed E-state index contributed by atoms with van der Waals surface area (Å²) in [5.41, 5.74) is 1.30. The summed E-state index contributed by atoms with van der Waals surface area (Å²) in [5, 5.41) is 2.80. The molecule has 2 fully saturated rings. The number of para-hydroxylation sites is 1. The molecule has 2 aliphatic rings. The molecule has 0 aliphatic carbocycles. The highest BCUT2D eigenvalue weighted by Gasteiger charge is 2.49. The molecule has 0 radical (unpaired) electrons. The number of carbonyl (C=O) groups is 1. The van der Waals surface area contributed by atoms with E-state index in [1.165, 1.54) is 5.56 Å². The van der Waals surface area contributed by atoms with Crippen LogP contribution in [0.15, 0.2) is 65.7 Å². The first kappa shape index (κ1) is 15.8. The Morgan fingerprint density at radius 3 is 2.32 bits per heavy atom. The monoisotopic (exact) mass is 335 g/mol. The van der Waals surface area contributed by atoms with Crippen molar-refractivity contribution in [1.82, 2.24) is 10.2 Å². The van der Waals surface area contributed by atoms with Gasteiger partial charge >= 0.3 is 0 Å². The van der Waals surface area contributed by atoms with Crippen molar-refractivity contribution in [1.29, 1.82) is 0 Å². The minimum absolute atomic E-state index is 0.0680. The molecule has 2 heterocycles. The van der Waals surface area contributed by atoms with E-state index in [1.807, 2.05) is 36.4 Å². The normalized spacial score (nSPS) is 21.3. The summed E-state index contributed by atoms with van der Waals surface area (Å²) in [6.45, 7) is 2.57. The maximum Gasteiger partial charge on any atom is 0.297 e. The number of hydrogen-bond acceptors (Lipinski definition) is 4. The van der Waals surface area contributed by atoms with Crippen molar-refractivity contribution in [2.45, 2.75) is 25.0 Å². The van der Waals surface area contributed by atoms with Crippen LogP contribution in [0.4, 0.5) is 5.69 Å². The summed E-state index contributed by atoms with van der Waals surface area (Å²) in [7, 11) is 0. The number of likely N-dealkylation sites (tertiary alicyclic amines) is 1. The summed E-state index contributed by atoms with van der Waals surface area (Å²) in [4.78, 5) is 19.2. The summed E-state index contributed by atoms with van der Waals surface area (Å²) in [5.74, 6) is -0.0680. The predicted octanol–water partition coefficient (Wildman–Crippen LogP) is 2.86. The molecule has 0 atom stereocenters. The van der Waals surface area contributed by atoms with E-state index in [0.717, 1.165) is 25.3 Å². The first-order chi connectivity index (χ1) is 12.2. The van der Waals surface area contributed by atoms with E-state index < -0.39 is 5.60 Å². The molecule has 2 aliphatic heterocycles. The number of carbonyl (C=O) groups excluding carboxylic acids is 1. The Hall–Kier alpha value is -2.66. The largest absolute Gasteiger partial charge is 0.448 e. The number of benzene rings is 2. The number of aliphatic imine (C=N–C) groups is 1. The lowest BCUT2D eigenvalue weighted by Gasteiger charge is -2.36.